The van der Waals surface area contributed by atoms with Crippen LogP contribution in [0.15, 0.2) is 42.6 Å². The van der Waals surface area contributed by atoms with Crippen molar-refractivity contribution >= 4 is 6.03 Å². The number of pyridine rings is 1. The summed E-state index contributed by atoms with van der Waals surface area (Å²) in [5, 5.41) is 0. The van der Waals surface area contributed by atoms with Crippen molar-refractivity contribution in [3.05, 3.63) is 65.0 Å². The summed E-state index contributed by atoms with van der Waals surface area (Å²) >= 11 is 0. The molecule has 5 rings (SSSR count). The monoisotopic (exact) mass is 500 g/mol. The van der Waals surface area contributed by atoms with Gasteiger partial charge in [0.15, 0.2) is 0 Å². The first-order chi connectivity index (χ1) is 17.2. The normalized spacial score (nSPS) is 23.8. The lowest BCUT2D eigenvalue weighted by Crippen LogP contribution is -2.49. The molecule has 3 aliphatic rings. The molecule has 0 saturated carbocycles. The van der Waals surface area contributed by atoms with Crippen LogP contribution in [0.5, 0.6) is 0 Å². The van der Waals surface area contributed by atoms with E-state index in [2.05, 4.69) is 54.1 Å². The summed E-state index contributed by atoms with van der Waals surface area (Å²) in [4.78, 5) is 24.0. The first kappa shape index (κ1) is 25.1. The van der Waals surface area contributed by atoms with Gasteiger partial charge in [0.1, 0.15) is 0 Å². The fourth-order valence-electron chi connectivity index (χ4n) is 6.21. The van der Waals surface area contributed by atoms with Crippen LogP contribution < -0.4 is 0 Å². The van der Waals surface area contributed by atoms with Gasteiger partial charge < -0.3 is 9.80 Å². The molecule has 3 aliphatic heterocycles. The Balaban J connectivity index is 1.25. The number of halogens is 3. The highest BCUT2D eigenvalue weighted by Crippen LogP contribution is 2.35. The van der Waals surface area contributed by atoms with Crippen LogP contribution in [0.25, 0.3) is 0 Å². The molecule has 0 spiro atoms. The van der Waals surface area contributed by atoms with Gasteiger partial charge in [-0.3, -0.25) is 9.88 Å². The Bertz CT molecular complexity index is 1070. The number of nitrogens with zero attached hydrogens (tertiary/aromatic N) is 4. The van der Waals surface area contributed by atoms with E-state index in [1.807, 2.05) is 4.90 Å². The molecule has 2 atom stereocenters. The van der Waals surface area contributed by atoms with E-state index >= 15 is 0 Å². The van der Waals surface area contributed by atoms with Gasteiger partial charge in [0.25, 0.3) is 0 Å². The van der Waals surface area contributed by atoms with Crippen LogP contribution in [0.1, 0.15) is 61.4 Å². The van der Waals surface area contributed by atoms with Crippen molar-refractivity contribution in [1.29, 1.82) is 0 Å². The largest absolute Gasteiger partial charge is 0.417 e. The summed E-state index contributed by atoms with van der Waals surface area (Å²) in [5.41, 5.74) is 1.82. The molecule has 1 aromatic carbocycles. The quantitative estimate of drug-likeness (QED) is 0.554. The van der Waals surface area contributed by atoms with Gasteiger partial charge >= 0.3 is 12.2 Å². The minimum Gasteiger partial charge on any atom is -0.320 e. The lowest BCUT2D eigenvalue weighted by atomic mass is 9.88. The van der Waals surface area contributed by atoms with Crippen molar-refractivity contribution in [1.82, 2.24) is 19.7 Å². The highest BCUT2D eigenvalue weighted by molar-refractivity contribution is 5.75. The average Bonchev–Trinajstić information content (AvgIpc) is 3.34. The second kappa shape index (κ2) is 10.0. The molecule has 0 bridgehead atoms. The van der Waals surface area contributed by atoms with Gasteiger partial charge in [0.05, 0.1) is 5.56 Å². The second-order valence-electron chi connectivity index (χ2n) is 10.9. The Kier molecular flexibility index (Phi) is 6.99. The Labute approximate surface area is 211 Å². The topological polar surface area (TPSA) is 39.7 Å². The SMILES string of the molecule is CC(C)[C@@H]1CC(N2CCC(c3ccccc3)CC2)CN1C(=O)N1CCc2ncc(C(F)(F)F)cc2C1. The molecule has 2 saturated heterocycles. The summed E-state index contributed by atoms with van der Waals surface area (Å²) in [6, 6.07) is 12.3. The van der Waals surface area contributed by atoms with Crippen LogP contribution in [-0.4, -0.2) is 64.0 Å². The van der Waals surface area contributed by atoms with E-state index in [-0.39, 0.29) is 18.6 Å². The van der Waals surface area contributed by atoms with Crippen LogP contribution >= 0.6 is 0 Å². The maximum Gasteiger partial charge on any atom is 0.417 e. The number of aromatic nitrogens is 1. The average molecular weight is 501 g/mol. The molecule has 0 aliphatic carbocycles. The minimum absolute atomic E-state index is 0.0570. The Hall–Kier alpha value is -2.61. The van der Waals surface area contributed by atoms with E-state index in [1.54, 1.807) is 4.90 Å². The lowest BCUT2D eigenvalue weighted by molar-refractivity contribution is -0.137. The molecule has 1 aromatic heterocycles. The van der Waals surface area contributed by atoms with Crippen molar-refractivity contribution in [2.75, 3.05) is 26.2 Å². The maximum atomic E-state index is 13.7. The predicted octanol–water partition coefficient (Wildman–Crippen LogP) is 5.56. The number of carbonyl (C=O) groups excluding carboxylic acids is 1. The molecule has 2 amide bonds. The molecule has 36 heavy (non-hydrogen) atoms. The standard InChI is InChI=1S/C28H35F3N4O/c1-19(2)26-15-24(33-11-8-21(9-12-33)20-6-4-3-5-7-20)18-35(26)27(36)34-13-10-25-22(17-34)14-23(16-32-25)28(29,30)31/h3-7,14,16,19,21,24,26H,8-13,15,17-18H2,1-2H3/t24?,26-/m0/s1. The van der Waals surface area contributed by atoms with Gasteiger partial charge in [0, 0.05) is 50.0 Å². The number of likely N-dealkylation sites (tertiary alicyclic amines) is 2. The molecule has 8 heteroatoms. The van der Waals surface area contributed by atoms with Gasteiger partial charge in [-0.1, -0.05) is 44.2 Å². The summed E-state index contributed by atoms with van der Waals surface area (Å²) in [5.74, 6) is 0.905. The van der Waals surface area contributed by atoms with E-state index in [9.17, 15) is 18.0 Å². The number of fused-ring (bicyclic) bond motifs is 1. The Morgan fingerprint density at radius 2 is 1.81 bits per heavy atom. The molecule has 194 valence electrons. The van der Waals surface area contributed by atoms with Gasteiger partial charge in [-0.25, -0.2) is 4.79 Å². The summed E-state index contributed by atoms with van der Waals surface area (Å²) in [6.07, 6.45) is 0.139. The number of hydrogen-bond acceptors (Lipinski definition) is 3. The maximum absolute atomic E-state index is 13.7. The van der Waals surface area contributed by atoms with Crippen LogP contribution in [0.2, 0.25) is 0 Å². The number of urea groups is 1. The van der Waals surface area contributed by atoms with Crippen molar-refractivity contribution in [2.45, 2.75) is 70.3 Å². The van der Waals surface area contributed by atoms with E-state index in [0.717, 1.165) is 44.6 Å². The van der Waals surface area contributed by atoms with E-state index in [4.69, 9.17) is 0 Å². The Morgan fingerprint density at radius 3 is 2.47 bits per heavy atom. The van der Waals surface area contributed by atoms with Gasteiger partial charge in [0.2, 0.25) is 0 Å². The van der Waals surface area contributed by atoms with Crippen LogP contribution in [0.3, 0.4) is 0 Å². The second-order valence-corrected chi connectivity index (χ2v) is 10.9. The van der Waals surface area contributed by atoms with Crippen LogP contribution in [0, 0.1) is 5.92 Å². The highest BCUT2D eigenvalue weighted by Gasteiger charge is 2.42. The Morgan fingerprint density at radius 1 is 1.08 bits per heavy atom. The molecule has 2 fully saturated rings. The molecular weight excluding hydrogens is 465 g/mol. The molecule has 1 unspecified atom stereocenters. The highest BCUT2D eigenvalue weighted by atomic mass is 19.4. The lowest BCUT2D eigenvalue weighted by Gasteiger charge is -2.37. The minimum atomic E-state index is -4.44. The third-order valence-corrected chi connectivity index (χ3v) is 8.29. The van der Waals surface area contributed by atoms with Gasteiger partial charge in [-0.15, -0.1) is 0 Å². The predicted molar refractivity (Wildman–Crippen MR) is 132 cm³/mol. The molecule has 0 radical (unpaired) electrons. The number of alkyl halides is 3. The molecular formula is C28H35F3N4O. The number of hydrogen-bond donors (Lipinski definition) is 0. The molecule has 0 N–H and O–H groups in total. The summed E-state index contributed by atoms with van der Waals surface area (Å²) in [7, 11) is 0. The molecule has 2 aromatic rings. The van der Waals surface area contributed by atoms with Crippen LogP contribution in [0.4, 0.5) is 18.0 Å². The number of benzene rings is 1. The number of amides is 2. The van der Waals surface area contributed by atoms with Crippen molar-refractivity contribution in [3.8, 4) is 0 Å². The van der Waals surface area contributed by atoms with Gasteiger partial charge in [-0.05, 0) is 61.4 Å². The fraction of sp³-hybridized carbons (Fsp3) is 0.571. The number of piperidine rings is 1. The zero-order valence-electron chi connectivity index (χ0n) is 21.0. The van der Waals surface area contributed by atoms with Crippen molar-refractivity contribution < 1.29 is 18.0 Å². The molecule has 5 nitrogen and oxygen atoms in total. The first-order valence-corrected chi connectivity index (χ1v) is 13.1. The van der Waals surface area contributed by atoms with Gasteiger partial charge in [-0.2, -0.15) is 13.2 Å². The van der Waals surface area contributed by atoms with Crippen molar-refractivity contribution in [2.24, 2.45) is 5.92 Å². The third-order valence-electron chi connectivity index (χ3n) is 8.29. The smallest absolute Gasteiger partial charge is 0.320 e. The van der Waals surface area contributed by atoms with E-state index in [1.165, 1.54) is 5.56 Å². The number of rotatable bonds is 3. The summed E-state index contributed by atoms with van der Waals surface area (Å²) in [6.45, 7) is 7.71. The molecule has 4 heterocycles. The first-order valence-electron chi connectivity index (χ1n) is 13.1. The summed E-state index contributed by atoms with van der Waals surface area (Å²) < 4.78 is 39.6. The van der Waals surface area contributed by atoms with E-state index < -0.39 is 11.7 Å². The van der Waals surface area contributed by atoms with E-state index in [0.29, 0.717) is 48.6 Å². The van der Waals surface area contributed by atoms with Crippen LogP contribution in [-0.2, 0) is 19.1 Å². The zero-order chi connectivity index (χ0) is 25.4. The zero-order valence-corrected chi connectivity index (χ0v) is 21.0. The fourth-order valence-corrected chi connectivity index (χ4v) is 6.21. The van der Waals surface area contributed by atoms with Crippen molar-refractivity contribution in [3.63, 3.8) is 0 Å². The third kappa shape index (κ3) is 5.10. The number of carbonyl (C=O) groups is 1.